The Bertz CT molecular complexity index is 446. The van der Waals surface area contributed by atoms with E-state index in [-0.39, 0.29) is 11.1 Å². The predicted molar refractivity (Wildman–Crippen MR) is 83.3 cm³/mol. The summed E-state index contributed by atoms with van der Waals surface area (Å²) in [6.07, 6.45) is 0.0281. The molecule has 106 valence electrons. The minimum absolute atomic E-state index is 0.0281. The molecule has 1 unspecified atom stereocenters. The highest BCUT2D eigenvalue weighted by molar-refractivity contribution is 6.74. The van der Waals surface area contributed by atoms with E-state index in [0.29, 0.717) is 5.56 Å². The van der Waals surface area contributed by atoms with Crippen molar-refractivity contribution in [1.82, 2.24) is 0 Å². The minimum atomic E-state index is -1.78. The Morgan fingerprint density at radius 1 is 1.21 bits per heavy atom. The lowest BCUT2D eigenvalue weighted by atomic mass is 10.1. The number of rotatable bonds is 4. The van der Waals surface area contributed by atoms with Crippen molar-refractivity contribution in [3.63, 3.8) is 0 Å². The van der Waals surface area contributed by atoms with Gasteiger partial charge in [0.05, 0.1) is 6.10 Å². The SMILES string of the molecule is CC(O[Si](C)(C)C(C)(C)C)c1ccc(C(=O)Cl)cc1. The van der Waals surface area contributed by atoms with Crippen molar-refractivity contribution in [3.05, 3.63) is 35.4 Å². The van der Waals surface area contributed by atoms with E-state index >= 15 is 0 Å². The van der Waals surface area contributed by atoms with Crippen LogP contribution in [0, 0.1) is 0 Å². The normalized spacial score (nSPS) is 14.3. The third kappa shape index (κ3) is 4.16. The molecular formula is C15H23ClO2Si. The van der Waals surface area contributed by atoms with Crippen molar-refractivity contribution in [3.8, 4) is 0 Å². The largest absolute Gasteiger partial charge is 0.410 e. The van der Waals surface area contributed by atoms with Crippen LogP contribution in [0.25, 0.3) is 0 Å². The van der Waals surface area contributed by atoms with Gasteiger partial charge in [0.2, 0.25) is 0 Å². The van der Waals surface area contributed by atoms with Crippen LogP contribution in [-0.4, -0.2) is 13.6 Å². The highest BCUT2D eigenvalue weighted by Crippen LogP contribution is 2.39. The molecule has 0 amide bonds. The van der Waals surface area contributed by atoms with Crippen molar-refractivity contribution in [1.29, 1.82) is 0 Å². The fourth-order valence-corrected chi connectivity index (χ4v) is 3.07. The van der Waals surface area contributed by atoms with Crippen molar-refractivity contribution in [2.75, 3.05) is 0 Å². The molecule has 0 aliphatic rings. The van der Waals surface area contributed by atoms with Crippen LogP contribution in [0.5, 0.6) is 0 Å². The summed E-state index contributed by atoms with van der Waals surface area (Å²) in [5.74, 6) is 0. The summed E-state index contributed by atoms with van der Waals surface area (Å²) in [6, 6.07) is 7.31. The van der Waals surface area contributed by atoms with Gasteiger partial charge in [0, 0.05) is 5.56 Å². The average Bonchev–Trinajstić information content (AvgIpc) is 2.27. The number of hydrogen-bond acceptors (Lipinski definition) is 2. The predicted octanol–water partition coefficient (Wildman–Crippen LogP) is 5.15. The lowest BCUT2D eigenvalue weighted by Crippen LogP contribution is -2.41. The zero-order chi connectivity index (χ0) is 14.8. The van der Waals surface area contributed by atoms with Crippen LogP contribution >= 0.6 is 11.6 Å². The summed E-state index contributed by atoms with van der Waals surface area (Å²) in [6.45, 7) is 13.2. The Hall–Kier alpha value is -0.643. The fourth-order valence-electron chi connectivity index (χ4n) is 1.57. The monoisotopic (exact) mass is 298 g/mol. The first-order valence-corrected chi connectivity index (χ1v) is 9.81. The van der Waals surface area contributed by atoms with Crippen molar-refractivity contribution in [2.45, 2.75) is 51.9 Å². The first-order valence-electron chi connectivity index (χ1n) is 6.52. The third-order valence-electron chi connectivity index (χ3n) is 3.88. The number of carbonyl (C=O) groups is 1. The number of hydrogen-bond donors (Lipinski definition) is 0. The van der Waals surface area contributed by atoms with Crippen LogP contribution < -0.4 is 0 Å². The van der Waals surface area contributed by atoms with E-state index < -0.39 is 13.6 Å². The van der Waals surface area contributed by atoms with Crippen molar-refractivity contribution < 1.29 is 9.22 Å². The molecule has 0 aliphatic carbocycles. The van der Waals surface area contributed by atoms with Crippen LogP contribution in [0.4, 0.5) is 0 Å². The molecule has 0 spiro atoms. The molecule has 2 nitrogen and oxygen atoms in total. The molecule has 0 saturated heterocycles. The molecule has 1 aromatic carbocycles. The Morgan fingerprint density at radius 2 is 1.68 bits per heavy atom. The number of halogens is 1. The van der Waals surface area contributed by atoms with E-state index in [0.717, 1.165) is 5.56 Å². The second kappa shape index (κ2) is 5.78. The molecule has 19 heavy (non-hydrogen) atoms. The van der Waals surface area contributed by atoms with Crippen LogP contribution in [0.2, 0.25) is 18.1 Å². The first kappa shape index (κ1) is 16.4. The molecule has 0 heterocycles. The van der Waals surface area contributed by atoms with Crippen LogP contribution in [-0.2, 0) is 4.43 Å². The molecular weight excluding hydrogens is 276 g/mol. The average molecular weight is 299 g/mol. The van der Waals surface area contributed by atoms with E-state index in [4.69, 9.17) is 16.0 Å². The van der Waals surface area contributed by atoms with Crippen LogP contribution in [0.3, 0.4) is 0 Å². The summed E-state index contributed by atoms with van der Waals surface area (Å²) in [5.41, 5.74) is 1.59. The zero-order valence-corrected chi connectivity index (χ0v) is 14.3. The van der Waals surface area contributed by atoms with E-state index in [1.807, 2.05) is 12.1 Å². The summed E-state index contributed by atoms with van der Waals surface area (Å²) in [7, 11) is -1.78. The fraction of sp³-hybridized carbons (Fsp3) is 0.533. The molecule has 0 N–H and O–H groups in total. The maximum absolute atomic E-state index is 11.0. The molecule has 1 atom stereocenters. The smallest absolute Gasteiger partial charge is 0.252 e. The molecule has 0 bridgehead atoms. The van der Waals surface area contributed by atoms with Gasteiger partial charge in [0.25, 0.3) is 5.24 Å². The van der Waals surface area contributed by atoms with Crippen LogP contribution in [0.15, 0.2) is 24.3 Å². The Balaban J connectivity index is 2.84. The van der Waals surface area contributed by atoms with Gasteiger partial charge in [-0.1, -0.05) is 32.9 Å². The Labute approximate surface area is 122 Å². The lowest BCUT2D eigenvalue weighted by Gasteiger charge is -2.38. The Morgan fingerprint density at radius 3 is 2.05 bits per heavy atom. The second-order valence-electron chi connectivity index (χ2n) is 6.42. The lowest BCUT2D eigenvalue weighted by molar-refractivity contribution is 0.108. The molecule has 0 aromatic heterocycles. The zero-order valence-electron chi connectivity index (χ0n) is 12.6. The van der Waals surface area contributed by atoms with Gasteiger partial charge >= 0.3 is 0 Å². The molecule has 1 rings (SSSR count). The topological polar surface area (TPSA) is 26.3 Å². The maximum Gasteiger partial charge on any atom is 0.252 e. The first-order chi connectivity index (χ1) is 8.54. The van der Waals surface area contributed by atoms with Gasteiger partial charge in [-0.2, -0.15) is 0 Å². The third-order valence-corrected chi connectivity index (χ3v) is 8.66. The minimum Gasteiger partial charge on any atom is -0.410 e. The number of benzene rings is 1. The van der Waals surface area contributed by atoms with Gasteiger partial charge in [-0.15, -0.1) is 0 Å². The molecule has 0 fully saturated rings. The van der Waals surface area contributed by atoms with Crippen molar-refractivity contribution >= 4 is 25.2 Å². The van der Waals surface area contributed by atoms with Gasteiger partial charge in [-0.3, -0.25) is 4.79 Å². The van der Waals surface area contributed by atoms with Gasteiger partial charge < -0.3 is 4.43 Å². The summed E-state index contributed by atoms with van der Waals surface area (Å²) < 4.78 is 6.31. The summed E-state index contributed by atoms with van der Waals surface area (Å²) >= 11 is 5.44. The molecule has 4 heteroatoms. The van der Waals surface area contributed by atoms with Crippen molar-refractivity contribution in [2.24, 2.45) is 0 Å². The van der Waals surface area contributed by atoms with Gasteiger partial charge in [0.1, 0.15) is 0 Å². The number of carbonyl (C=O) groups excluding carboxylic acids is 1. The Kier molecular flexibility index (Phi) is 4.99. The van der Waals surface area contributed by atoms with Gasteiger partial charge in [-0.25, -0.2) is 0 Å². The molecule has 0 radical (unpaired) electrons. The van der Waals surface area contributed by atoms with Gasteiger partial charge in [-0.05, 0) is 54.4 Å². The second-order valence-corrected chi connectivity index (χ2v) is 11.5. The highest BCUT2D eigenvalue weighted by atomic mass is 35.5. The molecule has 0 saturated carbocycles. The van der Waals surface area contributed by atoms with Crippen LogP contribution in [0.1, 0.15) is 49.7 Å². The highest BCUT2D eigenvalue weighted by Gasteiger charge is 2.38. The summed E-state index contributed by atoms with van der Waals surface area (Å²) in [5, 5.41) is -0.239. The molecule has 1 aromatic rings. The molecule has 0 aliphatic heterocycles. The van der Waals surface area contributed by atoms with Gasteiger partial charge in [0.15, 0.2) is 8.32 Å². The quantitative estimate of drug-likeness (QED) is 0.568. The summed E-state index contributed by atoms with van der Waals surface area (Å²) in [4.78, 5) is 11.0. The van der Waals surface area contributed by atoms with E-state index in [2.05, 4.69) is 40.8 Å². The van der Waals surface area contributed by atoms with E-state index in [1.54, 1.807) is 12.1 Å². The van der Waals surface area contributed by atoms with E-state index in [9.17, 15) is 4.79 Å². The van der Waals surface area contributed by atoms with E-state index in [1.165, 1.54) is 0 Å². The standard InChI is InChI=1S/C15H23ClO2Si/c1-11(18-19(5,6)15(2,3)4)12-7-9-13(10-8-12)14(16)17/h7-11H,1-6H3. The maximum atomic E-state index is 11.0.